The van der Waals surface area contributed by atoms with Gasteiger partial charge in [-0.25, -0.2) is 0 Å². The standard InChI is InChI=1S/C12H15BrINO/c1-2-3-4-5-12(16)15-11-7-6-9(13)8-10(11)14/h6-8H,2-5H2,1H3,(H,15,16). The number of carbonyl (C=O) groups is 1. The zero-order chi connectivity index (χ0) is 12.0. The lowest BCUT2D eigenvalue weighted by atomic mass is 10.2. The predicted molar refractivity (Wildman–Crippen MR) is 79.6 cm³/mol. The van der Waals surface area contributed by atoms with Crippen LogP contribution in [0.2, 0.25) is 0 Å². The molecule has 0 atom stereocenters. The van der Waals surface area contributed by atoms with E-state index in [1.165, 1.54) is 0 Å². The van der Waals surface area contributed by atoms with Crippen molar-refractivity contribution in [2.45, 2.75) is 32.6 Å². The van der Waals surface area contributed by atoms with E-state index in [1.807, 2.05) is 18.2 Å². The van der Waals surface area contributed by atoms with Crippen LogP contribution in [0.25, 0.3) is 0 Å². The molecule has 0 aromatic heterocycles. The molecule has 0 fully saturated rings. The first-order valence-electron chi connectivity index (χ1n) is 5.38. The number of amides is 1. The monoisotopic (exact) mass is 395 g/mol. The highest BCUT2D eigenvalue weighted by Gasteiger charge is 2.05. The van der Waals surface area contributed by atoms with E-state index < -0.39 is 0 Å². The number of unbranched alkanes of at least 4 members (excludes halogenated alkanes) is 2. The molecule has 0 saturated carbocycles. The Kier molecular flexibility index (Phi) is 6.34. The Bertz CT molecular complexity index is 368. The molecule has 1 aromatic rings. The molecular weight excluding hydrogens is 381 g/mol. The first-order valence-corrected chi connectivity index (χ1v) is 7.25. The summed E-state index contributed by atoms with van der Waals surface area (Å²) in [4.78, 5) is 11.6. The average molecular weight is 396 g/mol. The third kappa shape index (κ3) is 4.82. The summed E-state index contributed by atoms with van der Waals surface area (Å²) in [5, 5.41) is 2.93. The highest BCUT2D eigenvalue weighted by atomic mass is 127. The van der Waals surface area contributed by atoms with E-state index in [9.17, 15) is 4.79 Å². The van der Waals surface area contributed by atoms with Gasteiger partial charge in [0.15, 0.2) is 0 Å². The Morgan fingerprint density at radius 3 is 2.81 bits per heavy atom. The van der Waals surface area contributed by atoms with Crippen LogP contribution in [0.15, 0.2) is 22.7 Å². The highest BCUT2D eigenvalue weighted by Crippen LogP contribution is 2.22. The average Bonchev–Trinajstić information content (AvgIpc) is 2.23. The summed E-state index contributed by atoms with van der Waals surface area (Å²) < 4.78 is 2.08. The van der Waals surface area contributed by atoms with Crippen LogP contribution >= 0.6 is 38.5 Å². The van der Waals surface area contributed by atoms with Crippen LogP contribution in [-0.4, -0.2) is 5.91 Å². The van der Waals surface area contributed by atoms with Crippen molar-refractivity contribution in [3.63, 3.8) is 0 Å². The number of benzene rings is 1. The van der Waals surface area contributed by atoms with Crippen molar-refractivity contribution in [3.8, 4) is 0 Å². The highest BCUT2D eigenvalue weighted by molar-refractivity contribution is 14.1. The van der Waals surface area contributed by atoms with Crippen LogP contribution in [0.5, 0.6) is 0 Å². The maximum absolute atomic E-state index is 11.6. The summed E-state index contributed by atoms with van der Waals surface area (Å²) >= 11 is 5.62. The van der Waals surface area contributed by atoms with Crippen LogP contribution in [0.1, 0.15) is 32.6 Å². The third-order valence-electron chi connectivity index (χ3n) is 2.21. The van der Waals surface area contributed by atoms with Gasteiger partial charge < -0.3 is 5.32 Å². The number of nitrogens with one attached hydrogen (secondary N) is 1. The number of carbonyl (C=O) groups excluding carboxylic acids is 1. The molecule has 4 heteroatoms. The molecule has 1 rings (SSSR count). The number of rotatable bonds is 5. The summed E-state index contributed by atoms with van der Waals surface area (Å²) in [5.41, 5.74) is 0.894. The number of halogens is 2. The number of hydrogen-bond acceptors (Lipinski definition) is 1. The van der Waals surface area contributed by atoms with Crippen molar-refractivity contribution in [1.29, 1.82) is 0 Å². The maximum Gasteiger partial charge on any atom is 0.224 e. The van der Waals surface area contributed by atoms with Crippen LogP contribution in [0.4, 0.5) is 5.69 Å². The van der Waals surface area contributed by atoms with Gasteiger partial charge in [-0.15, -0.1) is 0 Å². The molecule has 0 radical (unpaired) electrons. The Hall–Kier alpha value is -0.100. The first-order chi connectivity index (χ1) is 7.63. The van der Waals surface area contributed by atoms with Gasteiger partial charge in [0.2, 0.25) is 5.91 Å². The topological polar surface area (TPSA) is 29.1 Å². The Morgan fingerprint density at radius 1 is 1.44 bits per heavy atom. The minimum Gasteiger partial charge on any atom is -0.325 e. The number of anilines is 1. The Balaban J connectivity index is 2.49. The van der Waals surface area contributed by atoms with Crippen molar-refractivity contribution in [3.05, 3.63) is 26.2 Å². The molecule has 0 aliphatic rings. The van der Waals surface area contributed by atoms with E-state index in [-0.39, 0.29) is 5.91 Å². The van der Waals surface area contributed by atoms with Crippen molar-refractivity contribution < 1.29 is 4.79 Å². The fourth-order valence-electron chi connectivity index (χ4n) is 1.34. The predicted octanol–water partition coefficient (Wildman–Crippen LogP) is 4.57. The second-order valence-electron chi connectivity index (χ2n) is 3.63. The molecule has 1 amide bonds. The van der Waals surface area contributed by atoms with E-state index in [0.29, 0.717) is 6.42 Å². The Morgan fingerprint density at radius 2 is 2.19 bits per heavy atom. The fourth-order valence-corrected chi connectivity index (χ4v) is 2.78. The molecule has 0 heterocycles. The summed E-state index contributed by atoms with van der Waals surface area (Å²) in [5.74, 6) is 0.105. The van der Waals surface area contributed by atoms with Gasteiger partial charge in [0.1, 0.15) is 0 Å². The van der Waals surface area contributed by atoms with Crippen LogP contribution in [0, 0.1) is 3.57 Å². The second-order valence-corrected chi connectivity index (χ2v) is 5.71. The molecule has 88 valence electrons. The smallest absolute Gasteiger partial charge is 0.224 e. The molecule has 2 nitrogen and oxygen atoms in total. The fraction of sp³-hybridized carbons (Fsp3) is 0.417. The molecule has 16 heavy (non-hydrogen) atoms. The van der Waals surface area contributed by atoms with Crippen molar-refractivity contribution >= 4 is 50.1 Å². The van der Waals surface area contributed by atoms with E-state index in [1.54, 1.807) is 0 Å². The van der Waals surface area contributed by atoms with E-state index >= 15 is 0 Å². The van der Waals surface area contributed by atoms with E-state index in [4.69, 9.17) is 0 Å². The van der Waals surface area contributed by atoms with Gasteiger partial charge in [-0.05, 0) is 47.2 Å². The lowest BCUT2D eigenvalue weighted by Gasteiger charge is -2.07. The van der Waals surface area contributed by atoms with Gasteiger partial charge in [0, 0.05) is 14.5 Å². The minimum absolute atomic E-state index is 0.105. The molecular formula is C12H15BrINO. The van der Waals surface area contributed by atoms with Crippen LogP contribution in [-0.2, 0) is 4.79 Å². The van der Waals surface area contributed by atoms with Gasteiger partial charge in [-0.1, -0.05) is 35.7 Å². The molecule has 0 aliphatic heterocycles. The molecule has 0 aliphatic carbocycles. The van der Waals surface area contributed by atoms with Gasteiger partial charge in [-0.3, -0.25) is 4.79 Å². The van der Waals surface area contributed by atoms with Crippen molar-refractivity contribution in [2.75, 3.05) is 5.32 Å². The van der Waals surface area contributed by atoms with Crippen molar-refractivity contribution in [2.24, 2.45) is 0 Å². The van der Waals surface area contributed by atoms with E-state index in [2.05, 4.69) is 50.8 Å². The van der Waals surface area contributed by atoms with Gasteiger partial charge in [0.25, 0.3) is 0 Å². The maximum atomic E-state index is 11.6. The lowest BCUT2D eigenvalue weighted by Crippen LogP contribution is -2.11. The number of hydrogen-bond donors (Lipinski definition) is 1. The molecule has 0 spiro atoms. The summed E-state index contributed by atoms with van der Waals surface area (Å²) in [6.45, 7) is 2.13. The van der Waals surface area contributed by atoms with Crippen molar-refractivity contribution in [1.82, 2.24) is 0 Å². The van der Waals surface area contributed by atoms with Crippen LogP contribution < -0.4 is 5.32 Å². The SMILES string of the molecule is CCCCCC(=O)Nc1ccc(Br)cc1I. The van der Waals surface area contributed by atoms with Gasteiger partial charge in [-0.2, -0.15) is 0 Å². The minimum atomic E-state index is 0.105. The normalized spacial score (nSPS) is 10.2. The van der Waals surface area contributed by atoms with Gasteiger partial charge >= 0.3 is 0 Å². The zero-order valence-electron chi connectivity index (χ0n) is 9.22. The largest absolute Gasteiger partial charge is 0.325 e. The Labute approximate surface area is 118 Å². The lowest BCUT2D eigenvalue weighted by molar-refractivity contribution is -0.116. The molecule has 0 saturated heterocycles. The zero-order valence-corrected chi connectivity index (χ0v) is 13.0. The summed E-state index contributed by atoms with van der Waals surface area (Å²) in [7, 11) is 0. The van der Waals surface area contributed by atoms with E-state index in [0.717, 1.165) is 33.0 Å². The van der Waals surface area contributed by atoms with Crippen LogP contribution in [0.3, 0.4) is 0 Å². The molecule has 0 unspecified atom stereocenters. The summed E-state index contributed by atoms with van der Waals surface area (Å²) in [6, 6.07) is 5.84. The second kappa shape index (κ2) is 7.27. The molecule has 1 aromatic carbocycles. The third-order valence-corrected chi connectivity index (χ3v) is 3.60. The quantitative estimate of drug-likeness (QED) is 0.574. The molecule has 1 N–H and O–H groups in total. The first kappa shape index (κ1) is 14.0. The summed E-state index contributed by atoms with van der Waals surface area (Å²) in [6.07, 6.45) is 3.84. The molecule has 0 bridgehead atoms. The van der Waals surface area contributed by atoms with Gasteiger partial charge in [0.05, 0.1) is 5.69 Å².